The average Bonchev–Trinajstić information content (AvgIpc) is 2.93. The molecule has 0 spiro atoms. The number of hydrogen-bond donors (Lipinski definition) is 1. The van der Waals surface area contributed by atoms with Gasteiger partial charge in [-0.1, -0.05) is 37.3 Å². The van der Waals surface area contributed by atoms with E-state index in [0.717, 1.165) is 29.6 Å². The maximum absolute atomic E-state index is 10.8. The summed E-state index contributed by atoms with van der Waals surface area (Å²) < 4.78 is 7.45. The van der Waals surface area contributed by atoms with Crippen molar-refractivity contribution < 1.29 is 9.84 Å². The van der Waals surface area contributed by atoms with E-state index in [4.69, 9.17) is 4.74 Å². The highest BCUT2D eigenvalue weighted by Crippen LogP contribution is 2.31. The number of imidazole rings is 1. The zero-order chi connectivity index (χ0) is 15.5. The third-order valence-corrected chi connectivity index (χ3v) is 3.81. The molecule has 1 aromatic heterocycles. The van der Waals surface area contributed by atoms with Gasteiger partial charge in [0, 0.05) is 12.1 Å². The Balaban J connectivity index is 2.14. The molecule has 3 aromatic rings. The highest BCUT2D eigenvalue weighted by Gasteiger charge is 2.21. The van der Waals surface area contributed by atoms with E-state index >= 15 is 0 Å². The Hall–Kier alpha value is -2.33. The first-order valence-corrected chi connectivity index (χ1v) is 7.52. The van der Waals surface area contributed by atoms with Crippen molar-refractivity contribution in [1.29, 1.82) is 0 Å². The number of ether oxygens (including phenoxy) is 1. The summed E-state index contributed by atoms with van der Waals surface area (Å²) in [7, 11) is 1.61. The zero-order valence-electron chi connectivity index (χ0n) is 12.9. The summed E-state index contributed by atoms with van der Waals surface area (Å²) in [6.45, 7) is 2.94. The number of rotatable bonds is 5. The molecule has 1 unspecified atom stereocenters. The lowest BCUT2D eigenvalue weighted by Gasteiger charge is -2.16. The molecule has 0 saturated heterocycles. The summed E-state index contributed by atoms with van der Waals surface area (Å²) in [6, 6.07) is 15.5. The monoisotopic (exact) mass is 296 g/mol. The maximum atomic E-state index is 10.8. The number of methoxy groups -OCH3 is 1. The second kappa shape index (κ2) is 6.20. The molecule has 0 bridgehead atoms. The first-order valence-electron chi connectivity index (χ1n) is 7.52. The van der Waals surface area contributed by atoms with Gasteiger partial charge in [0.15, 0.2) is 0 Å². The van der Waals surface area contributed by atoms with Gasteiger partial charge < -0.3 is 14.4 Å². The fourth-order valence-electron chi connectivity index (χ4n) is 2.79. The average molecular weight is 296 g/mol. The minimum Gasteiger partial charge on any atom is -0.496 e. The molecule has 22 heavy (non-hydrogen) atoms. The van der Waals surface area contributed by atoms with Crippen molar-refractivity contribution in [2.75, 3.05) is 7.11 Å². The molecule has 0 aliphatic heterocycles. The molecule has 0 saturated carbocycles. The number of aryl methyl sites for hydroxylation is 1. The molecule has 1 atom stereocenters. The standard InChI is InChI=1S/C18H20N2O2/c1-3-12-20-15-10-6-5-9-14(15)19-18(20)17(21)13-8-4-7-11-16(13)22-2/h4-11,17,21H,3,12H2,1-2H3. The van der Waals surface area contributed by atoms with Gasteiger partial charge in [-0.25, -0.2) is 4.98 Å². The van der Waals surface area contributed by atoms with E-state index in [9.17, 15) is 5.11 Å². The fourth-order valence-corrected chi connectivity index (χ4v) is 2.79. The van der Waals surface area contributed by atoms with Gasteiger partial charge >= 0.3 is 0 Å². The number of hydrogen-bond acceptors (Lipinski definition) is 3. The van der Waals surface area contributed by atoms with Crippen LogP contribution in [0.25, 0.3) is 11.0 Å². The Morgan fingerprint density at radius 3 is 2.64 bits per heavy atom. The Kier molecular flexibility index (Phi) is 4.11. The molecule has 2 aromatic carbocycles. The van der Waals surface area contributed by atoms with Crippen molar-refractivity contribution in [1.82, 2.24) is 9.55 Å². The quantitative estimate of drug-likeness (QED) is 0.783. The zero-order valence-corrected chi connectivity index (χ0v) is 12.9. The first kappa shape index (κ1) is 14.6. The van der Waals surface area contributed by atoms with Gasteiger partial charge in [0.25, 0.3) is 0 Å². The van der Waals surface area contributed by atoms with E-state index in [1.807, 2.05) is 48.5 Å². The topological polar surface area (TPSA) is 47.3 Å². The van der Waals surface area contributed by atoms with Crippen LogP contribution >= 0.6 is 0 Å². The number of aliphatic hydroxyl groups excluding tert-OH is 1. The van der Waals surface area contributed by atoms with Crippen LogP contribution in [0.2, 0.25) is 0 Å². The minimum atomic E-state index is -0.810. The molecule has 114 valence electrons. The number of benzene rings is 2. The summed E-state index contributed by atoms with van der Waals surface area (Å²) in [4.78, 5) is 4.64. The van der Waals surface area contributed by atoms with Gasteiger partial charge in [0.05, 0.1) is 18.1 Å². The molecular weight excluding hydrogens is 276 g/mol. The van der Waals surface area contributed by atoms with E-state index in [1.165, 1.54) is 0 Å². The van der Waals surface area contributed by atoms with Crippen LogP contribution in [0.3, 0.4) is 0 Å². The summed E-state index contributed by atoms with van der Waals surface area (Å²) >= 11 is 0. The molecular formula is C18H20N2O2. The van der Waals surface area contributed by atoms with Crippen LogP contribution in [0.1, 0.15) is 30.8 Å². The van der Waals surface area contributed by atoms with Gasteiger partial charge in [0.1, 0.15) is 17.7 Å². The second-order valence-electron chi connectivity index (χ2n) is 5.25. The van der Waals surface area contributed by atoms with Crippen molar-refractivity contribution in [3.05, 3.63) is 59.9 Å². The Morgan fingerprint density at radius 2 is 1.86 bits per heavy atom. The molecule has 1 heterocycles. The van der Waals surface area contributed by atoms with Gasteiger partial charge in [-0.3, -0.25) is 0 Å². The van der Waals surface area contributed by atoms with Crippen LogP contribution < -0.4 is 4.74 Å². The molecule has 0 aliphatic rings. The Morgan fingerprint density at radius 1 is 1.14 bits per heavy atom. The first-order chi connectivity index (χ1) is 10.8. The molecule has 0 radical (unpaired) electrons. The number of aliphatic hydroxyl groups is 1. The molecule has 3 rings (SSSR count). The normalized spacial score (nSPS) is 12.5. The van der Waals surface area contributed by atoms with E-state index in [1.54, 1.807) is 7.11 Å². The van der Waals surface area contributed by atoms with E-state index in [-0.39, 0.29) is 0 Å². The Bertz CT molecular complexity index is 780. The van der Waals surface area contributed by atoms with Crippen LogP contribution in [-0.4, -0.2) is 21.8 Å². The summed E-state index contributed by atoms with van der Waals surface area (Å²) in [5.74, 6) is 1.33. The number of para-hydroxylation sites is 3. The predicted molar refractivity (Wildman–Crippen MR) is 87.1 cm³/mol. The van der Waals surface area contributed by atoms with Crippen molar-refractivity contribution in [2.24, 2.45) is 0 Å². The highest BCUT2D eigenvalue weighted by atomic mass is 16.5. The molecule has 0 amide bonds. The van der Waals surface area contributed by atoms with Gasteiger partial charge in [-0.05, 0) is 24.6 Å². The van der Waals surface area contributed by atoms with Crippen LogP contribution in [0, 0.1) is 0 Å². The largest absolute Gasteiger partial charge is 0.496 e. The van der Waals surface area contributed by atoms with E-state index < -0.39 is 6.10 Å². The highest BCUT2D eigenvalue weighted by molar-refractivity contribution is 5.76. The van der Waals surface area contributed by atoms with Crippen LogP contribution in [0.4, 0.5) is 0 Å². The number of aromatic nitrogens is 2. The van der Waals surface area contributed by atoms with Crippen LogP contribution in [0.5, 0.6) is 5.75 Å². The molecule has 0 aliphatic carbocycles. The third kappa shape index (κ3) is 2.46. The molecule has 1 N–H and O–H groups in total. The summed E-state index contributed by atoms with van der Waals surface area (Å²) in [6.07, 6.45) is 0.168. The lowest BCUT2D eigenvalue weighted by molar-refractivity contribution is 0.200. The number of nitrogens with zero attached hydrogens (tertiary/aromatic N) is 2. The lowest BCUT2D eigenvalue weighted by Crippen LogP contribution is -2.11. The second-order valence-corrected chi connectivity index (χ2v) is 5.25. The van der Waals surface area contributed by atoms with Gasteiger partial charge in [-0.2, -0.15) is 0 Å². The molecule has 4 heteroatoms. The minimum absolute atomic E-state index is 0.660. The van der Waals surface area contributed by atoms with Crippen molar-refractivity contribution in [2.45, 2.75) is 26.0 Å². The lowest BCUT2D eigenvalue weighted by atomic mass is 10.1. The van der Waals surface area contributed by atoms with Gasteiger partial charge in [-0.15, -0.1) is 0 Å². The molecule has 4 nitrogen and oxygen atoms in total. The Labute approximate surface area is 130 Å². The third-order valence-electron chi connectivity index (χ3n) is 3.81. The van der Waals surface area contributed by atoms with Crippen molar-refractivity contribution in [3.63, 3.8) is 0 Å². The summed E-state index contributed by atoms with van der Waals surface area (Å²) in [5.41, 5.74) is 2.69. The fraction of sp³-hybridized carbons (Fsp3) is 0.278. The van der Waals surface area contributed by atoms with E-state index in [2.05, 4.69) is 16.5 Å². The smallest absolute Gasteiger partial charge is 0.143 e. The predicted octanol–water partition coefficient (Wildman–Crippen LogP) is 3.54. The van der Waals surface area contributed by atoms with Crippen molar-refractivity contribution in [3.8, 4) is 5.75 Å². The SMILES string of the molecule is CCCn1c(C(O)c2ccccc2OC)nc2ccccc21. The maximum Gasteiger partial charge on any atom is 0.143 e. The molecule has 0 fully saturated rings. The van der Waals surface area contributed by atoms with Crippen LogP contribution in [0.15, 0.2) is 48.5 Å². The van der Waals surface area contributed by atoms with Crippen LogP contribution in [-0.2, 0) is 6.54 Å². The number of fused-ring (bicyclic) bond motifs is 1. The van der Waals surface area contributed by atoms with Gasteiger partial charge in [0.2, 0.25) is 0 Å². The van der Waals surface area contributed by atoms with Crippen molar-refractivity contribution >= 4 is 11.0 Å². The van der Waals surface area contributed by atoms with E-state index in [0.29, 0.717) is 11.6 Å². The summed E-state index contributed by atoms with van der Waals surface area (Å²) in [5, 5.41) is 10.8.